The Kier molecular flexibility index (Phi) is 8.09. The highest BCUT2D eigenvalue weighted by Gasteiger charge is 2.07. The lowest BCUT2D eigenvalue weighted by molar-refractivity contribution is 0.113. The summed E-state index contributed by atoms with van der Waals surface area (Å²) < 4.78 is 5.00. The van der Waals surface area contributed by atoms with E-state index in [2.05, 4.69) is 30.4 Å². The van der Waals surface area contributed by atoms with Gasteiger partial charge >= 0.3 is 0 Å². The summed E-state index contributed by atoms with van der Waals surface area (Å²) in [5.41, 5.74) is 2.43. The van der Waals surface area contributed by atoms with Crippen LogP contribution in [-0.2, 0) is 11.3 Å². The first-order valence-electron chi connectivity index (χ1n) is 6.38. The van der Waals surface area contributed by atoms with Crippen LogP contribution in [0.1, 0.15) is 11.1 Å². The van der Waals surface area contributed by atoms with Gasteiger partial charge in [-0.25, -0.2) is 0 Å². The lowest BCUT2D eigenvalue weighted by Gasteiger charge is -2.13. The van der Waals surface area contributed by atoms with Crippen molar-refractivity contribution in [3.05, 3.63) is 29.3 Å². The molecule has 1 atom stereocenters. The first kappa shape index (κ1) is 16.5. The van der Waals surface area contributed by atoms with Gasteiger partial charge in [-0.3, -0.25) is 0 Å². The molecular formula is C14H23NO3S. The Morgan fingerprint density at radius 1 is 1.42 bits per heavy atom. The zero-order chi connectivity index (χ0) is 14.1. The molecule has 1 rings (SSSR count). The topological polar surface area (TPSA) is 61.7 Å². The molecule has 19 heavy (non-hydrogen) atoms. The predicted molar refractivity (Wildman–Crippen MR) is 78.6 cm³/mol. The third-order valence-electron chi connectivity index (χ3n) is 2.66. The van der Waals surface area contributed by atoms with E-state index >= 15 is 0 Å². The van der Waals surface area contributed by atoms with E-state index in [-0.39, 0.29) is 6.61 Å². The van der Waals surface area contributed by atoms with Gasteiger partial charge in [0.15, 0.2) is 0 Å². The quantitative estimate of drug-likeness (QED) is 0.470. The molecular weight excluding hydrogens is 262 g/mol. The number of aryl methyl sites for hydroxylation is 1. The number of aliphatic hydroxyl groups is 2. The molecule has 0 amide bonds. The summed E-state index contributed by atoms with van der Waals surface area (Å²) in [5, 5.41) is 21.6. The molecule has 4 nitrogen and oxygen atoms in total. The maximum Gasteiger partial charge on any atom is 0.0864 e. The average molecular weight is 285 g/mol. The van der Waals surface area contributed by atoms with Crippen LogP contribution in [0.4, 0.5) is 0 Å². The molecule has 5 heteroatoms. The summed E-state index contributed by atoms with van der Waals surface area (Å²) >= 11 is 1.57. The molecule has 3 N–H and O–H groups in total. The standard InChI is InChI=1S/C14H23NO3S/c1-11-3-4-14(19-10-13(17)9-16)12(7-11)8-15-5-6-18-2/h3-4,7,13,15-17H,5-6,8-10H2,1-2H3. The van der Waals surface area contributed by atoms with Crippen LogP contribution in [0.5, 0.6) is 0 Å². The zero-order valence-corrected chi connectivity index (χ0v) is 12.4. The highest BCUT2D eigenvalue weighted by atomic mass is 32.2. The zero-order valence-electron chi connectivity index (χ0n) is 11.6. The van der Waals surface area contributed by atoms with E-state index in [1.54, 1.807) is 18.9 Å². The number of hydrogen-bond acceptors (Lipinski definition) is 5. The Labute approximate surface area is 119 Å². The van der Waals surface area contributed by atoms with Gasteiger partial charge in [0.05, 0.1) is 19.3 Å². The van der Waals surface area contributed by atoms with E-state index in [0.29, 0.717) is 12.4 Å². The summed E-state index contributed by atoms with van der Waals surface area (Å²) in [6.45, 7) is 4.16. The number of aliphatic hydroxyl groups excluding tert-OH is 2. The van der Waals surface area contributed by atoms with E-state index in [4.69, 9.17) is 9.84 Å². The Balaban J connectivity index is 2.58. The maximum absolute atomic E-state index is 9.41. The fourth-order valence-electron chi connectivity index (χ4n) is 1.62. The van der Waals surface area contributed by atoms with Crippen LogP contribution >= 0.6 is 11.8 Å². The molecule has 108 valence electrons. The van der Waals surface area contributed by atoms with Crippen LogP contribution in [0.15, 0.2) is 23.1 Å². The van der Waals surface area contributed by atoms with Gasteiger partial charge in [0.2, 0.25) is 0 Å². The summed E-state index contributed by atoms with van der Waals surface area (Å²) in [7, 11) is 1.69. The van der Waals surface area contributed by atoms with E-state index < -0.39 is 6.10 Å². The van der Waals surface area contributed by atoms with Crippen molar-refractivity contribution in [1.29, 1.82) is 0 Å². The van der Waals surface area contributed by atoms with Crippen LogP contribution in [-0.4, -0.2) is 48.9 Å². The average Bonchev–Trinajstić information content (AvgIpc) is 2.42. The van der Waals surface area contributed by atoms with Gasteiger partial charge in [-0.1, -0.05) is 17.7 Å². The van der Waals surface area contributed by atoms with Gasteiger partial charge in [0.25, 0.3) is 0 Å². The van der Waals surface area contributed by atoms with Crippen LogP contribution in [0.2, 0.25) is 0 Å². The van der Waals surface area contributed by atoms with Crippen molar-refractivity contribution in [1.82, 2.24) is 5.32 Å². The van der Waals surface area contributed by atoms with E-state index in [0.717, 1.165) is 18.0 Å². The Bertz CT molecular complexity index is 374. The minimum Gasteiger partial charge on any atom is -0.394 e. The number of ether oxygens (including phenoxy) is 1. The lowest BCUT2D eigenvalue weighted by atomic mass is 10.1. The summed E-state index contributed by atoms with van der Waals surface area (Å²) in [5.74, 6) is 0.505. The molecule has 0 aromatic heterocycles. The highest BCUT2D eigenvalue weighted by Crippen LogP contribution is 2.24. The molecule has 0 saturated heterocycles. The predicted octanol–water partition coefficient (Wildman–Crippen LogP) is 1.18. The Morgan fingerprint density at radius 2 is 2.21 bits per heavy atom. The van der Waals surface area contributed by atoms with Gasteiger partial charge in [0.1, 0.15) is 0 Å². The second-order valence-corrected chi connectivity index (χ2v) is 5.49. The fraction of sp³-hybridized carbons (Fsp3) is 0.571. The second kappa shape index (κ2) is 9.34. The summed E-state index contributed by atoms with van der Waals surface area (Å²) in [4.78, 5) is 1.14. The highest BCUT2D eigenvalue weighted by molar-refractivity contribution is 7.99. The molecule has 0 bridgehead atoms. The molecule has 1 aromatic carbocycles. The number of hydrogen-bond donors (Lipinski definition) is 3. The molecule has 0 aliphatic carbocycles. The number of benzene rings is 1. The normalized spacial score (nSPS) is 12.6. The first-order chi connectivity index (χ1) is 9.17. The molecule has 0 aliphatic heterocycles. The van der Waals surface area contributed by atoms with E-state index in [1.165, 1.54) is 11.1 Å². The van der Waals surface area contributed by atoms with Gasteiger partial charge in [-0.05, 0) is 18.6 Å². The van der Waals surface area contributed by atoms with Crippen LogP contribution in [0.3, 0.4) is 0 Å². The molecule has 0 saturated carbocycles. The molecule has 1 unspecified atom stereocenters. The van der Waals surface area contributed by atoms with Crippen molar-refractivity contribution in [3.63, 3.8) is 0 Å². The van der Waals surface area contributed by atoms with Gasteiger partial charge in [-0.2, -0.15) is 0 Å². The van der Waals surface area contributed by atoms with Crippen molar-refractivity contribution in [2.45, 2.75) is 24.5 Å². The van der Waals surface area contributed by atoms with Crippen molar-refractivity contribution >= 4 is 11.8 Å². The largest absolute Gasteiger partial charge is 0.394 e. The smallest absolute Gasteiger partial charge is 0.0864 e. The van der Waals surface area contributed by atoms with Crippen molar-refractivity contribution < 1.29 is 14.9 Å². The molecule has 0 radical (unpaired) electrons. The Hall–Kier alpha value is -0.590. The molecule has 1 aromatic rings. The minimum absolute atomic E-state index is 0.194. The minimum atomic E-state index is -0.666. The lowest BCUT2D eigenvalue weighted by Crippen LogP contribution is -2.19. The third-order valence-corrected chi connectivity index (χ3v) is 3.92. The Morgan fingerprint density at radius 3 is 2.89 bits per heavy atom. The van der Waals surface area contributed by atoms with Crippen molar-refractivity contribution in [3.8, 4) is 0 Å². The van der Waals surface area contributed by atoms with Crippen molar-refractivity contribution in [2.24, 2.45) is 0 Å². The fourth-order valence-corrected chi connectivity index (χ4v) is 2.58. The van der Waals surface area contributed by atoms with Gasteiger partial charge in [-0.15, -0.1) is 11.8 Å². The number of methoxy groups -OCH3 is 1. The number of rotatable bonds is 9. The summed E-state index contributed by atoms with van der Waals surface area (Å²) in [6, 6.07) is 6.28. The van der Waals surface area contributed by atoms with Crippen molar-refractivity contribution in [2.75, 3.05) is 32.6 Å². The molecule has 0 fully saturated rings. The SMILES string of the molecule is COCCNCc1cc(C)ccc1SCC(O)CO. The van der Waals surface area contributed by atoms with Crippen LogP contribution in [0, 0.1) is 6.92 Å². The van der Waals surface area contributed by atoms with E-state index in [1.807, 2.05) is 0 Å². The van der Waals surface area contributed by atoms with Crippen LogP contribution < -0.4 is 5.32 Å². The molecule has 0 heterocycles. The molecule has 0 aliphatic rings. The first-order valence-corrected chi connectivity index (χ1v) is 7.36. The number of thioether (sulfide) groups is 1. The number of nitrogens with one attached hydrogen (secondary N) is 1. The van der Waals surface area contributed by atoms with Gasteiger partial charge < -0.3 is 20.3 Å². The monoisotopic (exact) mass is 285 g/mol. The summed E-state index contributed by atoms with van der Waals surface area (Å²) in [6.07, 6.45) is -0.666. The molecule has 0 spiro atoms. The van der Waals surface area contributed by atoms with E-state index in [9.17, 15) is 5.11 Å². The maximum atomic E-state index is 9.41. The second-order valence-electron chi connectivity index (χ2n) is 4.43. The van der Waals surface area contributed by atoms with Crippen LogP contribution in [0.25, 0.3) is 0 Å². The third kappa shape index (κ3) is 6.40. The van der Waals surface area contributed by atoms with Gasteiger partial charge in [0, 0.05) is 30.8 Å².